The zero-order chi connectivity index (χ0) is 15.6. The average molecular weight is 317 g/mol. The SMILES string of the molecule is CCC(NCC(C)(O)c1ccsc1)c1ccc2c(c1)CCO2. The molecular weight excluding hydrogens is 294 g/mol. The second kappa shape index (κ2) is 6.41. The lowest BCUT2D eigenvalue weighted by Crippen LogP contribution is -2.37. The fourth-order valence-corrected chi connectivity index (χ4v) is 3.70. The Bertz CT molecular complexity index is 622. The van der Waals surface area contributed by atoms with Crippen LogP contribution in [0.5, 0.6) is 5.75 Å². The highest BCUT2D eigenvalue weighted by Gasteiger charge is 2.25. The van der Waals surface area contributed by atoms with E-state index in [0.717, 1.165) is 30.8 Å². The van der Waals surface area contributed by atoms with E-state index in [1.165, 1.54) is 11.1 Å². The monoisotopic (exact) mass is 317 g/mol. The second-order valence-electron chi connectivity index (χ2n) is 6.09. The van der Waals surface area contributed by atoms with Crippen molar-refractivity contribution in [3.63, 3.8) is 0 Å². The van der Waals surface area contributed by atoms with Gasteiger partial charge in [-0.15, -0.1) is 0 Å². The number of thiophene rings is 1. The van der Waals surface area contributed by atoms with Gasteiger partial charge in [-0.25, -0.2) is 0 Å². The van der Waals surface area contributed by atoms with E-state index in [0.29, 0.717) is 6.54 Å². The molecule has 2 heterocycles. The van der Waals surface area contributed by atoms with E-state index in [4.69, 9.17) is 4.74 Å². The van der Waals surface area contributed by atoms with Crippen molar-refractivity contribution in [3.8, 4) is 5.75 Å². The highest BCUT2D eigenvalue weighted by molar-refractivity contribution is 7.08. The van der Waals surface area contributed by atoms with Gasteiger partial charge in [-0.2, -0.15) is 11.3 Å². The molecule has 0 spiro atoms. The molecule has 22 heavy (non-hydrogen) atoms. The highest BCUT2D eigenvalue weighted by atomic mass is 32.1. The molecule has 0 bridgehead atoms. The minimum Gasteiger partial charge on any atom is -0.493 e. The Labute approximate surface area is 136 Å². The maximum Gasteiger partial charge on any atom is 0.122 e. The topological polar surface area (TPSA) is 41.5 Å². The van der Waals surface area contributed by atoms with Gasteiger partial charge >= 0.3 is 0 Å². The molecule has 2 atom stereocenters. The van der Waals surface area contributed by atoms with Crippen molar-refractivity contribution in [1.29, 1.82) is 0 Å². The normalized spacial score (nSPS) is 17.6. The Kier molecular flexibility index (Phi) is 4.52. The summed E-state index contributed by atoms with van der Waals surface area (Å²) in [5.41, 5.74) is 2.70. The molecule has 0 saturated carbocycles. The van der Waals surface area contributed by atoms with E-state index in [1.54, 1.807) is 11.3 Å². The van der Waals surface area contributed by atoms with E-state index >= 15 is 0 Å². The number of benzene rings is 1. The number of ether oxygens (including phenoxy) is 1. The molecule has 1 aliphatic rings. The Morgan fingerprint density at radius 1 is 1.41 bits per heavy atom. The number of rotatable bonds is 6. The molecule has 3 rings (SSSR count). The van der Waals surface area contributed by atoms with Crippen molar-refractivity contribution in [1.82, 2.24) is 5.32 Å². The number of aliphatic hydroxyl groups is 1. The minimum atomic E-state index is -0.840. The van der Waals surface area contributed by atoms with Crippen molar-refractivity contribution in [2.75, 3.05) is 13.2 Å². The summed E-state index contributed by atoms with van der Waals surface area (Å²) in [6, 6.07) is 8.67. The molecule has 0 amide bonds. The van der Waals surface area contributed by atoms with Crippen molar-refractivity contribution in [3.05, 3.63) is 51.7 Å². The molecule has 118 valence electrons. The van der Waals surface area contributed by atoms with Gasteiger partial charge in [0.25, 0.3) is 0 Å². The van der Waals surface area contributed by atoms with Crippen molar-refractivity contribution in [2.45, 2.75) is 38.3 Å². The molecule has 0 aliphatic carbocycles. The third-order valence-corrected chi connectivity index (χ3v) is 5.04. The maximum atomic E-state index is 10.6. The first-order valence-corrected chi connectivity index (χ1v) is 8.78. The maximum absolute atomic E-state index is 10.6. The summed E-state index contributed by atoms with van der Waals surface area (Å²) in [6.45, 7) is 5.36. The largest absolute Gasteiger partial charge is 0.493 e. The number of nitrogens with one attached hydrogen (secondary N) is 1. The number of hydrogen-bond donors (Lipinski definition) is 2. The summed E-state index contributed by atoms with van der Waals surface area (Å²) in [6.07, 6.45) is 1.98. The van der Waals surface area contributed by atoms with Crippen LogP contribution >= 0.6 is 11.3 Å². The van der Waals surface area contributed by atoms with Crippen LogP contribution < -0.4 is 10.1 Å². The zero-order valence-corrected chi connectivity index (χ0v) is 14.0. The molecule has 2 unspecified atom stereocenters. The highest BCUT2D eigenvalue weighted by Crippen LogP contribution is 2.30. The number of hydrogen-bond acceptors (Lipinski definition) is 4. The quantitative estimate of drug-likeness (QED) is 0.855. The fourth-order valence-electron chi connectivity index (χ4n) is 2.92. The van der Waals surface area contributed by atoms with E-state index in [-0.39, 0.29) is 6.04 Å². The van der Waals surface area contributed by atoms with Gasteiger partial charge in [0.1, 0.15) is 11.4 Å². The molecule has 4 heteroatoms. The van der Waals surface area contributed by atoms with Crippen LogP contribution in [0.3, 0.4) is 0 Å². The molecule has 0 saturated heterocycles. The van der Waals surface area contributed by atoms with Gasteiger partial charge in [0.05, 0.1) is 6.61 Å². The van der Waals surface area contributed by atoms with Crippen LogP contribution in [0.2, 0.25) is 0 Å². The summed E-state index contributed by atoms with van der Waals surface area (Å²) >= 11 is 1.61. The van der Waals surface area contributed by atoms with Crippen LogP contribution in [0.15, 0.2) is 35.0 Å². The first-order chi connectivity index (χ1) is 10.6. The first kappa shape index (κ1) is 15.5. The van der Waals surface area contributed by atoms with Gasteiger partial charge in [0, 0.05) is 19.0 Å². The van der Waals surface area contributed by atoms with Gasteiger partial charge < -0.3 is 15.2 Å². The Balaban J connectivity index is 1.70. The lowest BCUT2D eigenvalue weighted by molar-refractivity contribution is 0.0540. The van der Waals surface area contributed by atoms with Gasteiger partial charge in [-0.1, -0.05) is 19.1 Å². The van der Waals surface area contributed by atoms with Gasteiger partial charge in [-0.05, 0) is 52.9 Å². The molecule has 1 aromatic heterocycles. The Morgan fingerprint density at radius 2 is 2.27 bits per heavy atom. The summed E-state index contributed by atoms with van der Waals surface area (Å²) in [4.78, 5) is 0. The van der Waals surface area contributed by atoms with E-state index in [1.807, 2.05) is 23.8 Å². The summed E-state index contributed by atoms with van der Waals surface area (Å²) in [7, 11) is 0. The summed E-state index contributed by atoms with van der Waals surface area (Å²) in [5.74, 6) is 1.02. The van der Waals surface area contributed by atoms with E-state index in [9.17, 15) is 5.11 Å². The Morgan fingerprint density at radius 3 is 3.00 bits per heavy atom. The van der Waals surface area contributed by atoms with Crippen LogP contribution in [0.1, 0.15) is 43.0 Å². The Hall–Kier alpha value is -1.36. The van der Waals surface area contributed by atoms with Crippen molar-refractivity contribution < 1.29 is 9.84 Å². The standard InChI is InChI=1S/C18H23NO2S/c1-3-16(13-4-5-17-14(10-13)6-8-21-17)19-12-18(2,20)15-7-9-22-11-15/h4-5,7,9-11,16,19-20H,3,6,8,12H2,1-2H3. The van der Waals surface area contributed by atoms with Crippen LogP contribution in [0, 0.1) is 0 Å². The molecule has 0 radical (unpaired) electrons. The summed E-state index contributed by atoms with van der Waals surface area (Å²) in [5, 5.41) is 18.2. The molecule has 1 aromatic carbocycles. The third kappa shape index (κ3) is 3.19. The second-order valence-corrected chi connectivity index (χ2v) is 6.87. The predicted octanol–water partition coefficient (Wildman–Crippen LogP) is 3.63. The van der Waals surface area contributed by atoms with Crippen molar-refractivity contribution in [2.24, 2.45) is 0 Å². The molecule has 1 aliphatic heterocycles. The van der Waals surface area contributed by atoms with Gasteiger partial charge in [0.15, 0.2) is 0 Å². The molecule has 2 aromatic rings. The van der Waals surface area contributed by atoms with Gasteiger partial charge in [-0.3, -0.25) is 0 Å². The van der Waals surface area contributed by atoms with E-state index < -0.39 is 5.60 Å². The molecular formula is C18H23NO2S. The molecule has 3 nitrogen and oxygen atoms in total. The third-order valence-electron chi connectivity index (χ3n) is 4.36. The van der Waals surface area contributed by atoms with Crippen LogP contribution in [0.25, 0.3) is 0 Å². The van der Waals surface area contributed by atoms with Crippen molar-refractivity contribution >= 4 is 11.3 Å². The molecule has 0 fully saturated rings. The van der Waals surface area contributed by atoms with Crippen LogP contribution in [-0.4, -0.2) is 18.3 Å². The smallest absolute Gasteiger partial charge is 0.122 e. The summed E-state index contributed by atoms with van der Waals surface area (Å²) < 4.78 is 5.57. The lowest BCUT2D eigenvalue weighted by atomic mass is 9.96. The van der Waals surface area contributed by atoms with Gasteiger partial charge in [0.2, 0.25) is 0 Å². The van der Waals surface area contributed by atoms with Crippen LogP contribution in [-0.2, 0) is 12.0 Å². The van der Waals surface area contributed by atoms with Crippen LogP contribution in [0.4, 0.5) is 0 Å². The van der Waals surface area contributed by atoms with E-state index in [2.05, 4.69) is 30.4 Å². The minimum absolute atomic E-state index is 0.246. The fraction of sp³-hybridized carbons (Fsp3) is 0.444. The zero-order valence-electron chi connectivity index (χ0n) is 13.1. The predicted molar refractivity (Wildman–Crippen MR) is 90.6 cm³/mol. The average Bonchev–Trinajstić information content (AvgIpc) is 3.19. The molecule has 2 N–H and O–H groups in total. The lowest BCUT2D eigenvalue weighted by Gasteiger charge is -2.27. The number of fused-ring (bicyclic) bond motifs is 1. The first-order valence-electron chi connectivity index (χ1n) is 7.84.